The summed E-state index contributed by atoms with van der Waals surface area (Å²) in [7, 11) is -4.13. The largest absolute Gasteiger partial charge is 0.347 e. The maximum Gasteiger partial charge on any atom is 0.277 e. The van der Waals surface area contributed by atoms with Crippen molar-refractivity contribution >= 4 is 10.1 Å². The summed E-state index contributed by atoms with van der Waals surface area (Å²) < 4.78 is 29.8. The van der Waals surface area contributed by atoms with E-state index < -0.39 is 14.9 Å². The highest BCUT2D eigenvalue weighted by atomic mass is 32.2. The molecular weight excluding hydrogens is 192 g/mol. The van der Waals surface area contributed by atoms with Crippen molar-refractivity contribution in [3.8, 4) is 0 Å². The molecule has 1 rings (SSSR count). The molecule has 6 heteroatoms. The number of H-pyrrole nitrogens is 1. The Bertz CT molecular complexity index is 370. The van der Waals surface area contributed by atoms with Crippen LogP contribution in [-0.2, 0) is 14.9 Å². The van der Waals surface area contributed by atoms with Crippen molar-refractivity contribution in [3.05, 3.63) is 18.2 Å². The Kier molecular flexibility index (Phi) is 2.44. The van der Waals surface area contributed by atoms with E-state index in [1.165, 1.54) is 19.3 Å². The molecule has 74 valence electrons. The number of hydrogen-bond acceptors (Lipinski definition) is 3. The first-order chi connectivity index (χ1) is 5.92. The minimum atomic E-state index is -4.13. The van der Waals surface area contributed by atoms with Crippen LogP contribution in [0.1, 0.15) is 26.1 Å². The second-order valence-corrected chi connectivity index (χ2v) is 4.85. The lowest BCUT2D eigenvalue weighted by Gasteiger charge is -2.21. The molecule has 0 spiro atoms. The monoisotopic (exact) mass is 204 g/mol. The average Bonchev–Trinajstić information content (AvgIpc) is 2.52. The van der Waals surface area contributed by atoms with Crippen LogP contribution in [0.3, 0.4) is 0 Å². The van der Waals surface area contributed by atoms with Gasteiger partial charge in [-0.1, -0.05) is 6.92 Å². The molecule has 0 fully saturated rings. The molecule has 0 aliphatic carbocycles. The van der Waals surface area contributed by atoms with E-state index in [2.05, 4.69) is 9.97 Å². The van der Waals surface area contributed by atoms with Gasteiger partial charge in [0.25, 0.3) is 10.1 Å². The number of rotatable bonds is 3. The van der Waals surface area contributed by atoms with Gasteiger partial charge in [-0.2, -0.15) is 8.42 Å². The number of imidazole rings is 1. The van der Waals surface area contributed by atoms with Gasteiger partial charge in [-0.05, 0) is 13.3 Å². The van der Waals surface area contributed by atoms with Crippen molar-refractivity contribution in [1.29, 1.82) is 0 Å². The molecular formula is C7H12N2O3S. The summed E-state index contributed by atoms with van der Waals surface area (Å²) in [5, 5.41) is 0. The standard InChI is InChI=1S/C7H12N2O3S/c1-3-7(2,13(10,11)12)6-8-4-5-9-6/h4-5H,3H2,1-2H3,(H,8,9)(H,10,11,12). The van der Waals surface area contributed by atoms with Gasteiger partial charge in [0.2, 0.25) is 0 Å². The lowest BCUT2D eigenvalue weighted by atomic mass is 10.1. The van der Waals surface area contributed by atoms with E-state index in [9.17, 15) is 8.42 Å². The first-order valence-electron chi connectivity index (χ1n) is 3.88. The fourth-order valence-electron chi connectivity index (χ4n) is 1.03. The molecule has 0 radical (unpaired) electrons. The lowest BCUT2D eigenvalue weighted by Crippen LogP contribution is -2.32. The Labute approximate surface area is 76.9 Å². The summed E-state index contributed by atoms with van der Waals surface area (Å²) in [6, 6.07) is 0. The molecule has 1 aromatic rings. The summed E-state index contributed by atoms with van der Waals surface area (Å²) in [6.45, 7) is 3.11. The molecule has 1 unspecified atom stereocenters. The molecule has 0 bridgehead atoms. The van der Waals surface area contributed by atoms with Crippen LogP contribution >= 0.6 is 0 Å². The molecule has 0 aliphatic rings. The lowest BCUT2D eigenvalue weighted by molar-refractivity contribution is 0.423. The van der Waals surface area contributed by atoms with E-state index in [0.717, 1.165) is 0 Å². The smallest absolute Gasteiger partial charge is 0.277 e. The first kappa shape index (κ1) is 10.2. The van der Waals surface area contributed by atoms with Crippen LogP contribution in [0.4, 0.5) is 0 Å². The highest BCUT2D eigenvalue weighted by molar-refractivity contribution is 7.86. The zero-order chi connectivity index (χ0) is 10.1. The van der Waals surface area contributed by atoms with E-state index in [4.69, 9.17) is 4.55 Å². The number of aromatic amines is 1. The topological polar surface area (TPSA) is 83.0 Å². The number of aromatic nitrogens is 2. The zero-order valence-electron chi connectivity index (χ0n) is 7.48. The van der Waals surface area contributed by atoms with Crippen LogP contribution in [0, 0.1) is 0 Å². The summed E-state index contributed by atoms with van der Waals surface area (Å²) in [5.74, 6) is 0.262. The van der Waals surface area contributed by atoms with Gasteiger partial charge in [-0.3, -0.25) is 4.55 Å². The van der Waals surface area contributed by atoms with Crippen LogP contribution in [0.5, 0.6) is 0 Å². The van der Waals surface area contributed by atoms with Crippen LogP contribution in [0.2, 0.25) is 0 Å². The molecule has 5 nitrogen and oxygen atoms in total. The van der Waals surface area contributed by atoms with Crippen molar-refractivity contribution in [2.75, 3.05) is 0 Å². The molecule has 0 aliphatic heterocycles. The van der Waals surface area contributed by atoms with Crippen molar-refractivity contribution in [2.24, 2.45) is 0 Å². The Morgan fingerprint density at radius 2 is 2.31 bits per heavy atom. The summed E-state index contributed by atoms with van der Waals surface area (Å²) in [6.07, 6.45) is 3.24. The van der Waals surface area contributed by atoms with Gasteiger partial charge in [0.15, 0.2) is 4.75 Å². The minimum absolute atomic E-state index is 0.262. The third-order valence-electron chi connectivity index (χ3n) is 2.24. The number of hydrogen-bond donors (Lipinski definition) is 2. The van der Waals surface area contributed by atoms with Gasteiger partial charge in [0.1, 0.15) is 5.82 Å². The Balaban J connectivity index is 3.25. The molecule has 2 N–H and O–H groups in total. The third-order valence-corrected chi connectivity index (χ3v) is 3.86. The maximum atomic E-state index is 11.1. The predicted octanol–water partition coefficient (Wildman–Crippen LogP) is 0.923. The average molecular weight is 204 g/mol. The van der Waals surface area contributed by atoms with Gasteiger partial charge in [0, 0.05) is 12.4 Å². The maximum absolute atomic E-state index is 11.1. The highest BCUT2D eigenvalue weighted by Crippen LogP contribution is 2.29. The fourth-order valence-corrected chi connectivity index (χ4v) is 1.75. The molecule has 0 saturated carbocycles. The normalized spacial score (nSPS) is 16.8. The molecule has 1 atom stereocenters. The Morgan fingerprint density at radius 3 is 2.62 bits per heavy atom. The second-order valence-electron chi connectivity index (χ2n) is 3.00. The van der Waals surface area contributed by atoms with Crippen LogP contribution < -0.4 is 0 Å². The van der Waals surface area contributed by atoms with E-state index in [0.29, 0.717) is 0 Å². The Morgan fingerprint density at radius 1 is 1.69 bits per heavy atom. The predicted molar refractivity (Wildman–Crippen MR) is 47.8 cm³/mol. The van der Waals surface area contributed by atoms with E-state index in [1.807, 2.05) is 0 Å². The molecule has 0 saturated heterocycles. The van der Waals surface area contributed by atoms with Crippen molar-refractivity contribution in [1.82, 2.24) is 9.97 Å². The van der Waals surface area contributed by atoms with Crippen molar-refractivity contribution < 1.29 is 13.0 Å². The van der Waals surface area contributed by atoms with Gasteiger partial charge in [-0.15, -0.1) is 0 Å². The van der Waals surface area contributed by atoms with E-state index in [-0.39, 0.29) is 12.2 Å². The quantitative estimate of drug-likeness (QED) is 0.717. The molecule has 0 amide bonds. The van der Waals surface area contributed by atoms with Gasteiger partial charge in [0.05, 0.1) is 0 Å². The summed E-state index contributed by atoms with van der Waals surface area (Å²) in [5.41, 5.74) is 0. The van der Waals surface area contributed by atoms with Gasteiger partial charge >= 0.3 is 0 Å². The summed E-state index contributed by atoms with van der Waals surface area (Å²) >= 11 is 0. The van der Waals surface area contributed by atoms with Crippen LogP contribution in [-0.4, -0.2) is 22.9 Å². The number of nitrogens with one attached hydrogen (secondary N) is 1. The molecule has 0 aromatic carbocycles. The van der Waals surface area contributed by atoms with Gasteiger partial charge < -0.3 is 4.98 Å². The van der Waals surface area contributed by atoms with Crippen LogP contribution in [0.15, 0.2) is 12.4 Å². The first-order valence-corrected chi connectivity index (χ1v) is 5.32. The highest BCUT2D eigenvalue weighted by Gasteiger charge is 2.40. The zero-order valence-corrected chi connectivity index (χ0v) is 8.30. The van der Waals surface area contributed by atoms with Gasteiger partial charge in [-0.25, -0.2) is 4.98 Å². The molecule has 1 aromatic heterocycles. The number of nitrogens with zero attached hydrogens (tertiary/aromatic N) is 1. The SMILES string of the molecule is CCC(C)(c1ncc[nH]1)S(=O)(=O)O. The second kappa shape index (κ2) is 3.12. The minimum Gasteiger partial charge on any atom is -0.347 e. The van der Waals surface area contributed by atoms with Crippen LogP contribution in [0.25, 0.3) is 0 Å². The third kappa shape index (κ3) is 1.59. The van der Waals surface area contributed by atoms with E-state index in [1.54, 1.807) is 6.92 Å². The summed E-state index contributed by atoms with van der Waals surface area (Å²) in [4.78, 5) is 6.52. The Hall–Kier alpha value is -0.880. The fraction of sp³-hybridized carbons (Fsp3) is 0.571. The molecule has 1 heterocycles. The van der Waals surface area contributed by atoms with Crippen molar-refractivity contribution in [2.45, 2.75) is 25.0 Å². The van der Waals surface area contributed by atoms with Crippen molar-refractivity contribution in [3.63, 3.8) is 0 Å². The van der Waals surface area contributed by atoms with E-state index >= 15 is 0 Å². The molecule has 13 heavy (non-hydrogen) atoms.